The summed E-state index contributed by atoms with van der Waals surface area (Å²) in [7, 11) is 1.62. The van der Waals surface area contributed by atoms with E-state index in [-0.39, 0.29) is 17.6 Å². The minimum Gasteiger partial charge on any atom is -0.497 e. The number of nitrogens with one attached hydrogen (secondary N) is 2. The monoisotopic (exact) mass is 410 g/mol. The summed E-state index contributed by atoms with van der Waals surface area (Å²) in [6.45, 7) is 2.58. The molecule has 0 saturated carbocycles. The predicted octanol–water partition coefficient (Wildman–Crippen LogP) is 2.84. The average Bonchev–Trinajstić information content (AvgIpc) is 3.12. The average molecular weight is 411 g/mol. The normalized spacial score (nSPS) is 10.3. The molecule has 1 amide bonds. The van der Waals surface area contributed by atoms with Crippen molar-refractivity contribution in [1.82, 2.24) is 15.5 Å². The third-order valence-corrected chi connectivity index (χ3v) is 5.23. The van der Waals surface area contributed by atoms with Gasteiger partial charge in [-0.1, -0.05) is 23.1 Å². The number of ether oxygens (including phenoxy) is 2. The Balaban J connectivity index is 1.67. The second-order valence-electron chi connectivity index (χ2n) is 5.27. The van der Waals surface area contributed by atoms with Gasteiger partial charge in [0.1, 0.15) is 5.75 Å². The van der Waals surface area contributed by atoms with Crippen molar-refractivity contribution in [3.63, 3.8) is 0 Å². The lowest BCUT2D eigenvalue weighted by atomic mass is 10.3. The number of hydrogen-bond donors (Lipinski definition) is 2. The van der Waals surface area contributed by atoms with Crippen molar-refractivity contribution >= 4 is 45.8 Å². The second kappa shape index (κ2) is 11.4. The number of carbonyl (C=O) groups is 2. The first-order valence-corrected chi connectivity index (χ1v) is 10.2. The number of rotatable bonds is 11. The van der Waals surface area contributed by atoms with Crippen LogP contribution in [0.5, 0.6) is 5.75 Å². The number of nitrogens with zero attached hydrogens (tertiary/aromatic N) is 2. The summed E-state index contributed by atoms with van der Waals surface area (Å²) < 4.78 is 10.6. The number of amides is 1. The first-order valence-electron chi connectivity index (χ1n) is 8.40. The molecule has 146 valence electrons. The quantitative estimate of drug-likeness (QED) is 0.331. The van der Waals surface area contributed by atoms with E-state index in [1.165, 1.54) is 23.1 Å². The van der Waals surface area contributed by atoms with Gasteiger partial charge < -0.3 is 20.1 Å². The molecule has 0 saturated heterocycles. The number of thioether (sulfide) groups is 1. The van der Waals surface area contributed by atoms with Crippen LogP contribution in [0.25, 0.3) is 0 Å². The first-order chi connectivity index (χ1) is 13.1. The molecule has 0 atom stereocenters. The van der Waals surface area contributed by atoms with E-state index in [1.54, 1.807) is 14.0 Å². The Morgan fingerprint density at radius 3 is 2.70 bits per heavy atom. The van der Waals surface area contributed by atoms with Crippen LogP contribution in [-0.2, 0) is 14.3 Å². The van der Waals surface area contributed by atoms with Crippen LogP contribution in [0, 0.1) is 0 Å². The Morgan fingerprint density at radius 2 is 2.00 bits per heavy atom. The van der Waals surface area contributed by atoms with Crippen LogP contribution in [0.15, 0.2) is 28.6 Å². The van der Waals surface area contributed by atoms with Gasteiger partial charge in [0.2, 0.25) is 11.0 Å². The molecule has 0 spiro atoms. The van der Waals surface area contributed by atoms with Gasteiger partial charge in [-0.05, 0) is 37.6 Å². The highest BCUT2D eigenvalue weighted by Gasteiger charge is 2.09. The van der Waals surface area contributed by atoms with Gasteiger partial charge in [-0.15, -0.1) is 10.2 Å². The van der Waals surface area contributed by atoms with Gasteiger partial charge in [-0.25, -0.2) is 0 Å². The lowest BCUT2D eigenvalue weighted by Gasteiger charge is -2.04. The summed E-state index contributed by atoms with van der Waals surface area (Å²) in [6, 6.07) is 7.48. The van der Waals surface area contributed by atoms with Crippen LogP contribution in [0.3, 0.4) is 0 Å². The van der Waals surface area contributed by atoms with Gasteiger partial charge >= 0.3 is 5.97 Å². The number of aromatic nitrogens is 2. The van der Waals surface area contributed by atoms with E-state index in [1.807, 2.05) is 24.3 Å². The van der Waals surface area contributed by atoms with Gasteiger partial charge in [0.15, 0.2) is 4.34 Å². The van der Waals surface area contributed by atoms with Crippen molar-refractivity contribution in [3.8, 4) is 5.75 Å². The largest absolute Gasteiger partial charge is 0.497 e. The maximum Gasteiger partial charge on any atom is 0.305 e. The number of anilines is 2. The van der Waals surface area contributed by atoms with E-state index >= 15 is 0 Å². The van der Waals surface area contributed by atoms with E-state index in [9.17, 15) is 9.59 Å². The lowest BCUT2D eigenvalue weighted by molar-refractivity contribution is -0.143. The van der Waals surface area contributed by atoms with Gasteiger partial charge in [-0.3, -0.25) is 9.59 Å². The molecule has 2 N–H and O–H groups in total. The topological polar surface area (TPSA) is 102 Å². The molecule has 1 heterocycles. The number of esters is 1. The Bertz CT molecular complexity index is 737. The molecule has 0 bridgehead atoms. The molecule has 0 aliphatic heterocycles. The molecule has 0 fully saturated rings. The van der Waals surface area contributed by atoms with Crippen LogP contribution in [0.2, 0.25) is 0 Å². The van der Waals surface area contributed by atoms with E-state index in [2.05, 4.69) is 20.8 Å². The van der Waals surface area contributed by atoms with E-state index in [4.69, 9.17) is 9.47 Å². The number of hydrogen-bond acceptors (Lipinski definition) is 9. The second-order valence-corrected chi connectivity index (χ2v) is 7.47. The highest BCUT2D eigenvalue weighted by Crippen LogP contribution is 2.28. The van der Waals surface area contributed by atoms with Crippen molar-refractivity contribution in [3.05, 3.63) is 24.3 Å². The Labute approximate surface area is 166 Å². The summed E-state index contributed by atoms with van der Waals surface area (Å²) in [5.74, 6) is 0.675. The smallest absolute Gasteiger partial charge is 0.305 e. The van der Waals surface area contributed by atoms with Crippen LogP contribution in [0.1, 0.15) is 19.8 Å². The highest BCUT2D eigenvalue weighted by atomic mass is 32.2. The Morgan fingerprint density at radius 1 is 1.22 bits per heavy atom. The van der Waals surface area contributed by atoms with Crippen LogP contribution < -0.4 is 15.4 Å². The first kappa shape index (κ1) is 21.0. The number of methoxy groups -OCH3 is 1. The Kier molecular flexibility index (Phi) is 8.85. The fourth-order valence-electron chi connectivity index (χ4n) is 1.99. The molecule has 1 aromatic carbocycles. The maximum atomic E-state index is 11.8. The molecule has 0 aliphatic rings. The van der Waals surface area contributed by atoms with E-state index in [0.29, 0.717) is 35.5 Å². The van der Waals surface area contributed by atoms with Crippen molar-refractivity contribution in [1.29, 1.82) is 0 Å². The molecular formula is C17H22N4O4S2. The van der Waals surface area contributed by atoms with Crippen LogP contribution in [0.4, 0.5) is 10.8 Å². The van der Waals surface area contributed by atoms with Crippen molar-refractivity contribution in [2.75, 3.05) is 31.3 Å². The summed E-state index contributed by atoms with van der Waals surface area (Å²) in [5.41, 5.74) is 0.878. The van der Waals surface area contributed by atoms with Crippen molar-refractivity contribution in [2.24, 2.45) is 0 Å². The molecule has 8 nitrogen and oxygen atoms in total. The molecule has 1 aromatic heterocycles. The van der Waals surface area contributed by atoms with E-state index in [0.717, 1.165) is 11.4 Å². The third kappa shape index (κ3) is 7.83. The molecule has 27 heavy (non-hydrogen) atoms. The fourth-order valence-corrected chi connectivity index (χ4v) is 3.59. The van der Waals surface area contributed by atoms with Crippen LogP contribution >= 0.6 is 23.1 Å². The molecule has 0 radical (unpaired) electrons. The SMILES string of the molecule is CCOC(=O)CCCNC(=O)CSc1nnc(Nc2ccc(OC)cc2)s1. The van der Waals surface area contributed by atoms with Gasteiger partial charge in [-0.2, -0.15) is 0 Å². The summed E-state index contributed by atoms with van der Waals surface area (Å²) in [6.07, 6.45) is 0.863. The zero-order chi connectivity index (χ0) is 19.5. The number of carbonyl (C=O) groups excluding carboxylic acids is 2. The van der Waals surface area contributed by atoms with Gasteiger partial charge in [0, 0.05) is 18.7 Å². The molecule has 2 aromatic rings. The Hall–Kier alpha value is -2.33. The van der Waals surface area contributed by atoms with Crippen molar-refractivity contribution < 1.29 is 19.1 Å². The van der Waals surface area contributed by atoms with Gasteiger partial charge in [0.25, 0.3) is 0 Å². The summed E-state index contributed by atoms with van der Waals surface area (Å²) in [4.78, 5) is 23.0. The van der Waals surface area contributed by atoms with Crippen molar-refractivity contribution in [2.45, 2.75) is 24.1 Å². The summed E-state index contributed by atoms with van der Waals surface area (Å²) >= 11 is 2.69. The molecule has 2 rings (SSSR count). The molecule has 0 aliphatic carbocycles. The lowest BCUT2D eigenvalue weighted by Crippen LogP contribution is -2.26. The zero-order valence-electron chi connectivity index (χ0n) is 15.2. The molecule has 0 unspecified atom stereocenters. The third-order valence-electron chi connectivity index (χ3n) is 3.26. The summed E-state index contributed by atoms with van der Waals surface area (Å²) in [5, 5.41) is 14.7. The maximum absolute atomic E-state index is 11.8. The highest BCUT2D eigenvalue weighted by molar-refractivity contribution is 8.01. The number of benzene rings is 1. The standard InChI is InChI=1S/C17H22N4O4S2/c1-3-25-15(23)5-4-10-18-14(22)11-26-17-21-20-16(27-17)19-12-6-8-13(24-2)9-7-12/h6-9H,3-5,10-11H2,1-2H3,(H,18,22)(H,19,20). The van der Waals surface area contributed by atoms with E-state index < -0.39 is 0 Å². The fraction of sp³-hybridized carbons (Fsp3) is 0.412. The zero-order valence-corrected chi connectivity index (χ0v) is 16.8. The molecular weight excluding hydrogens is 388 g/mol. The predicted molar refractivity (Wildman–Crippen MR) is 106 cm³/mol. The minimum atomic E-state index is -0.244. The molecule has 10 heteroatoms. The minimum absolute atomic E-state index is 0.108. The van der Waals surface area contributed by atoms with Gasteiger partial charge in [0.05, 0.1) is 19.5 Å². The van der Waals surface area contributed by atoms with Crippen LogP contribution in [-0.4, -0.2) is 48.1 Å².